The Morgan fingerprint density at radius 2 is 2.00 bits per heavy atom. The van der Waals surface area contributed by atoms with E-state index in [-0.39, 0.29) is 5.92 Å². The van der Waals surface area contributed by atoms with Crippen molar-refractivity contribution in [2.24, 2.45) is 0 Å². The van der Waals surface area contributed by atoms with E-state index in [1.54, 1.807) is 0 Å². The number of nitrogens with one attached hydrogen (secondary N) is 1. The standard InChI is InChI=1S/C19H24N4O/c20-19-22-17-15(13-6-2-1-3-7-13)9-4-10-16(17)18(23-19)24-12-14-8-5-11-21-14/h1-3,6-7,14-15,21H,4-5,8-12H2,(H2,20,22,23)/t14-,15?/m1/s1. The summed E-state index contributed by atoms with van der Waals surface area (Å²) in [6, 6.07) is 11.0. The van der Waals surface area contributed by atoms with Crippen molar-refractivity contribution in [1.29, 1.82) is 0 Å². The highest BCUT2D eigenvalue weighted by Gasteiger charge is 2.28. The quantitative estimate of drug-likeness (QED) is 0.904. The maximum atomic E-state index is 6.06. The van der Waals surface area contributed by atoms with Crippen molar-refractivity contribution in [3.63, 3.8) is 0 Å². The van der Waals surface area contributed by atoms with E-state index >= 15 is 0 Å². The SMILES string of the molecule is Nc1nc(OC[C@H]2CCCN2)c2c(n1)C(c1ccccc1)CCC2. The Bertz CT molecular complexity index is 698. The second-order valence-electron chi connectivity index (χ2n) is 6.71. The molecule has 2 aliphatic rings. The van der Waals surface area contributed by atoms with Gasteiger partial charge in [-0.1, -0.05) is 30.3 Å². The van der Waals surface area contributed by atoms with Crippen LogP contribution in [0.1, 0.15) is 48.4 Å². The molecule has 2 atom stereocenters. The molecule has 1 aromatic carbocycles. The van der Waals surface area contributed by atoms with Crippen molar-refractivity contribution in [2.75, 3.05) is 18.9 Å². The van der Waals surface area contributed by atoms with Crippen molar-refractivity contribution in [3.8, 4) is 5.88 Å². The number of hydrogen-bond acceptors (Lipinski definition) is 5. The highest BCUT2D eigenvalue weighted by atomic mass is 16.5. The van der Waals surface area contributed by atoms with Gasteiger partial charge in [-0.2, -0.15) is 4.98 Å². The molecule has 1 aliphatic carbocycles. The number of ether oxygens (including phenoxy) is 1. The molecule has 0 amide bonds. The lowest BCUT2D eigenvalue weighted by Gasteiger charge is -2.26. The molecule has 5 heteroatoms. The van der Waals surface area contributed by atoms with E-state index in [1.165, 1.54) is 12.0 Å². The topological polar surface area (TPSA) is 73.1 Å². The summed E-state index contributed by atoms with van der Waals surface area (Å²) in [5, 5.41) is 3.46. The van der Waals surface area contributed by atoms with Crippen LogP contribution < -0.4 is 15.8 Å². The summed E-state index contributed by atoms with van der Waals surface area (Å²) in [4.78, 5) is 8.98. The summed E-state index contributed by atoms with van der Waals surface area (Å²) in [6.45, 7) is 1.73. The molecule has 4 rings (SSSR count). The number of nitrogens with two attached hydrogens (primary N) is 1. The molecule has 0 saturated carbocycles. The molecule has 1 aromatic heterocycles. The molecule has 24 heavy (non-hydrogen) atoms. The predicted octanol–water partition coefficient (Wildman–Crippen LogP) is 2.66. The summed E-state index contributed by atoms with van der Waals surface area (Å²) < 4.78 is 6.06. The molecule has 0 spiro atoms. The van der Waals surface area contributed by atoms with Crippen molar-refractivity contribution < 1.29 is 4.74 Å². The molecule has 1 aliphatic heterocycles. The number of hydrogen-bond donors (Lipinski definition) is 2. The maximum absolute atomic E-state index is 6.06. The maximum Gasteiger partial charge on any atom is 0.223 e. The molecule has 5 nitrogen and oxygen atoms in total. The summed E-state index contributed by atoms with van der Waals surface area (Å²) in [7, 11) is 0. The van der Waals surface area contributed by atoms with E-state index in [1.807, 2.05) is 6.07 Å². The number of anilines is 1. The lowest BCUT2D eigenvalue weighted by molar-refractivity contribution is 0.263. The van der Waals surface area contributed by atoms with E-state index in [9.17, 15) is 0 Å². The highest BCUT2D eigenvalue weighted by Crippen LogP contribution is 2.38. The Balaban J connectivity index is 1.63. The highest BCUT2D eigenvalue weighted by molar-refractivity contribution is 5.43. The van der Waals surface area contributed by atoms with Gasteiger partial charge >= 0.3 is 0 Å². The van der Waals surface area contributed by atoms with Gasteiger partial charge in [0, 0.05) is 17.5 Å². The Morgan fingerprint density at radius 1 is 1.12 bits per heavy atom. The van der Waals surface area contributed by atoms with Crippen molar-refractivity contribution >= 4 is 5.95 Å². The van der Waals surface area contributed by atoms with Crippen LogP contribution in [0.5, 0.6) is 5.88 Å². The third-order valence-corrected chi connectivity index (χ3v) is 5.05. The molecule has 1 unspecified atom stereocenters. The first kappa shape index (κ1) is 15.4. The van der Waals surface area contributed by atoms with Gasteiger partial charge in [0.2, 0.25) is 11.8 Å². The van der Waals surface area contributed by atoms with Gasteiger partial charge < -0.3 is 15.8 Å². The number of benzene rings is 1. The minimum atomic E-state index is 0.284. The number of aromatic nitrogens is 2. The van der Waals surface area contributed by atoms with Gasteiger partial charge in [0.05, 0.1) is 5.69 Å². The van der Waals surface area contributed by atoms with E-state index in [4.69, 9.17) is 10.5 Å². The summed E-state index contributed by atoms with van der Waals surface area (Å²) in [5.74, 6) is 1.28. The van der Waals surface area contributed by atoms with Crippen molar-refractivity contribution in [2.45, 2.75) is 44.1 Å². The lowest BCUT2D eigenvalue weighted by Crippen LogP contribution is -2.29. The summed E-state index contributed by atoms with van der Waals surface area (Å²) in [6.07, 6.45) is 5.56. The molecular weight excluding hydrogens is 300 g/mol. The van der Waals surface area contributed by atoms with Crippen LogP contribution in [-0.2, 0) is 6.42 Å². The minimum absolute atomic E-state index is 0.284. The Kier molecular flexibility index (Phi) is 4.34. The van der Waals surface area contributed by atoms with Gasteiger partial charge in [0.25, 0.3) is 0 Å². The van der Waals surface area contributed by atoms with Crippen LogP contribution in [0.15, 0.2) is 30.3 Å². The molecule has 126 valence electrons. The fourth-order valence-corrected chi connectivity index (χ4v) is 3.85. The van der Waals surface area contributed by atoms with Crippen LogP contribution in [0.2, 0.25) is 0 Å². The number of rotatable bonds is 4. The Morgan fingerprint density at radius 3 is 2.79 bits per heavy atom. The largest absolute Gasteiger partial charge is 0.476 e. The van der Waals surface area contributed by atoms with Crippen LogP contribution in [0.25, 0.3) is 0 Å². The van der Waals surface area contributed by atoms with Crippen LogP contribution in [-0.4, -0.2) is 29.2 Å². The predicted molar refractivity (Wildman–Crippen MR) is 94.2 cm³/mol. The van der Waals surface area contributed by atoms with Gasteiger partial charge in [0.15, 0.2) is 0 Å². The summed E-state index contributed by atoms with van der Waals surface area (Å²) in [5.41, 5.74) is 9.47. The van der Waals surface area contributed by atoms with Crippen molar-refractivity contribution in [3.05, 3.63) is 47.2 Å². The zero-order chi connectivity index (χ0) is 16.4. The van der Waals surface area contributed by atoms with E-state index in [0.29, 0.717) is 24.5 Å². The minimum Gasteiger partial charge on any atom is -0.476 e. The van der Waals surface area contributed by atoms with Gasteiger partial charge in [-0.25, -0.2) is 4.98 Å². The third kappa shape index (κ3) is 3.08. The first-order valence-corrected chi connectivity index (χ1v) is 8.88. The molecule has 0 radical (unpaired) electrons. The first-order chi connectivity index (χ1) is 11.8. The zero-order valence-electron chi connectivity index (χ0n) is 13.9. The van der Waals surface area contributed by atoms with Crippen LogP contribution >= 0.6 is 0 Å². The molecule has 1 fully saturated rings. The Labute approximate surface area is 142 Å². The second-order valence-corrected chi connectivity index (χ2v) is 6.71. The molecule has 0 bridgehead atoms. The van der Waals surface area contributed by atoms with Gasteiger partial charge in [0.1, 0.15) is 6.61 Å². The van der Waals surface area contributed by atoms with Gasteiger partial charge in [-0.05, 0) is 44.2 Å². The fourth-order valence-electron chi connectivity index (χ4n) is 3.85. The van der Waals surface area contributed by atoms with Crippen LogP contribution in [0.3, 0.4) is 0 Å². The van der Waals surface area contributed by atoms with Crippen LogP contribution in [0.4, 0.5) is 5.95 Å². The molecule has 3 N–H and O–H groups in total. The smallest absolute Gasteiger partial charge is 0.223 e. The van der Waals surface area contributed by atoms with Gasteiger partial charge in [-0.3, -0.25) is 0 Å². The Hall–Kier alpha value is -2.14. The number of fused-ring (bicyclic) bond motifs is 1. The van der Waals surface area contributed by atoms with Crippen LogP contribution in [0, 0.1) is 0 Å². The number of nitrogen functional groups attached to an aromatic ring is 1. The van der Waals surface area contributed by atoms with Crippen molar-refractivity contribution in [1.82, 2.24) is 15.3 Å². The monoisotopic (exact) mass is 324 g/mol. The normalized spacial score (nSPS) is 23.0. The summed E-state index contributed by atoms with van der Waals surface area (Å²) >= 11 is 0. The lowest BCUT2D eigenvalue weighted by atomic mass is 9.82. The average Bonchev–Trinajstić information content (AvgIpc) is 3.13. The fraction of sp³-hybridized carbons (Fsp3) is 0.474. The number of nitrogens with zero attached hydrogens (tertiary/aromatic N) is 2. The molecule has 1 saturated heterocycles. The molecule has 2 heterocycles. The third-order valence-electron chi connectivity index (χ3n) is 5.05. The average molecular weight is 324 g/mol. The second kappa shape index (κ2) is 6.77. The first-order valence-electron chi connectivity index (χ1n) is 8.88. The van der Waals surface area contributed by atoms with E-state index in [2.05, 4.69) is 39.6 Å². The molecule has 2 aromatic rings. The van der Waals surface area contributed by atoms with Gasteiger partial charge in [-0.15, -0.1) is 0 Å². The zero-order valence-corrected chi connectivity index (χ0v) is 13.9. The van der Waals surface area contributed by atoms with E-state index in [0.717, 1.165) is 43.5 Å². The molecular formula is C19H24N4O. The van der Waals surface area contributed by atoms with E-state index < -0.39 is 0 Å².